The lowest BCUT2D eigenvalue weighted by Gasteiger charge is -2.32. The van der Waals surface area contributed by atoms with E-state index in [-0.39, 0.29) is 17.7 Å². The summed E-state index contributed by atoms with van der Waals surface area (Å²) >= 11 is 0. The Morgan fingerprint density at radius 1 is 1.03 bits per heavy atom. The van der Waals surface area contributed by atoms with Crippen LogP contribution in [0.5, 0.6) is 0 Å². The van der Waals surface area contributed by atoms with Gasteiger partial charge in [-0.2, -0.15) is 0 Å². The molecule has 3 rings (SSSR count). The second-order valence-electron chi connectivity index (χ2n) is 8.97. The first-order valence-corrected chi connectivity index (χ1v) is 11.8. The lowest BCUT2D eigenvalue weighted by molar-refractivity contribution is -0.126. The molecule has 2 aromatic carbocycles. The molecule has 1 saturated heterocycles. The number of amides is 2. The molecule has 172 valence electrons. The number of hydrogen-bond donors (Lipinski definition) is 1. The quantitative estimate of drug-likeness (QED) is 0.672. The van der Waals surface area contributed by atoms with E-state index in [0.717, 1.165) is 49.2 Å². The van der Waals surface area contributed by atoms with Gasteiger partial charge in [0.15, 0.2) is 0 Å². The summed E-state index contributed by atoms with van der Waals surface area (Å²) in [6.07, 6.45) is 1.68. The van der Waals surface area contributed by atoms with Crippen LogP contribution in [-0.2, 0) is 17.9 Å². The van der Waals surface area contributed by atoms with Crippen molar-refractivity contribution < 1.29 is 9.59 Å². The number of carbonyl (C=O) groups is 2. The lowest BCUT2D eigenvalue weighted by Crippen LogP contribution is -2.45. The van der Waals surface area contributed by atoms with Crippen LogP contribution >= 0.6 is 0 Å². The second kappa shape index (κ2) is 11.3. The Hall–Kier alpha value is -2.66. The monoisotopic (exact) mass is 435 g/mol. The third-order valence-corrected chi connectivity index (χ3v) is 6.31. The van der Waals surface area contributed by atoms with Crippen molar-refractivity contribution in [3.05, 3.63) is 70.3 Å². The first-order chi connectivity index (χ1) is 15.4. The zero-order valence-corrected chi connectivity index (χ0v) is 20.0. The molecule has 1 unspecified atom stereocenters. The molecular weight excluding hydrogens is 398 g/mol. The minimum absolute atomic E-state index is 0.0263. The van der Waals surface area contributed by atoms with E-state index in [2.05, 4.69) is 54.4 Å². The smallest absolute Gasteiger partial charge is 0.253 e. The summed E-state index contributed by atoms with van der Waals surface area (Å²) in [5.41, 5.74) is 5.27. The molecule has 1 aliphatic rings. The molecule has 1 atom stereocenters. The van der Waals surface area contributed by atoms with Gasteiger partial charge < -0.3 is 10.2 Å². The molecule has 2 aromatic rings. The molecule has 1 aliphatic heterocycles. The van der Waals surface area contributed by atoms with Crippen LogP contribution in [0.4, 0.5) is 0 Å². The van der Waals surface area contributed by atoms with Crippen LogP contribution in [0.15, 0.2) is 42.5 Å². The summed E-state index contributed by atoms with van der Waals surface area (Å²) in [6, 6.07) is 14.4. The van der Waals surface area contributed by atoms with Gasteiger partial charge in [-0.05, 0) is 63.0 Å². The van der Waals surface area contributed by atoms with Gasteiger partial charge in [0.2, 0.25) is 5.91 Å². The fourth-order valence-electron chi connectivity index (χ4n) is 4.53. The van der Waals surface area contributed by atoms with Crippen LogP contribution in [-0.4, -0.2) is 47.8 Å². The Morgan fingerprint density at radius 2 is 1.72 bits per heavy atom. The number of aryl methyl sites for hydroxylation is 2. The van der Waals surface area contributed by atoms with Gasteiger partial charge in [0.05, 0.1) is 5.92 Å². The SMILES string of the molecule is CCN(CC)Cc1cccc(CNC(=O)C2CCCN(C(=O)c3cc(C)cc(C)c3)C2)c1. The summed E-state index contributed by atoms with van der Waals surface area (Å²) < 4.78 is 0. The van der Waals surface area contributed by atoms with Gasteiger partial charge in [0.1, 0.15) is 0 Å². The van der Waals surface area contributed by atoms with Crippen LogP contribution < -0.4 is 5.32 Å². The number of likely N-dealkylation sites (tertiary alicyclic amines) is 1. The maximum atomic E-state index is 13.0. The minimum Gasteiger partial charge on any atom is -0.352 e. The first kappa shape index (κ1) is 24.0. The van der Waals surface area contributed by atoms with Crippen molar-refractivity contribution >= 4 is 11.8 Å². The average molecular weight is 436 g/mol. The number of benzene rings is 2. The molecule has 5 nitrogen and oxygen atoms in total. The highest BCUT2D eigenvalue weighted by Crippen LogP contribution is 2.20. The largest absolute Gasteiger partial charge is 0.352 e. The van der Waals surface area contributed by atoms with Gasteiger partial charge in [0, 0.05) is 31.7 Å². The molecule has 0 aliphatic carbocycles. The fraction of sp³-hybridized carbons (Fsp3) is 0.481. The van der Waals surface area contributed by atoms with Crippen molar-refractivity contribution in [3.8, 4) is 0 Å². The Kier molecular flexibility index (Phi) is 8.46. The summed E-state index contributed by atoms with van der Waals surface area (Å²) in [5.74, 6) is -0.0899. The van der Waals surface area contributed by atoms with Gasteiger partial charge in [-0.15, -0.1) is 0 Å². The van der Waals surface area contributed by atoms with E-state index in [1.54, 1.807) is 0 Å². The Bertz CT molecular complexity index is 916. The number of nitrogens with one attached hydrogen (secondary N) is 1. The van der Waals surface area contributed by atoms with E-state index in [1.165, 1.54) is 5.56 Å². The van der Waals surface area contributed by atoms with E-state index < -0.39 is 0 Å². The van der Waals surface area contributed by atoms with Gasteiger partial charge in [-0.3, -0.25) is 14.5 Å². The van der Waals surface area contributed by atoms with Crippen LogP contribution in [0.3, 0.4) is 0 Å². The normalized spacial score (nSPS) is 16.3. The molecular formula is C27H37N3O2. The molecule has 1 N–H and O–H groups in total. The van der Waals surface area contributed by atoms with Gasteiger partial charge in [-0.1, -0.05) is 55.3 Å². The summed E-state index contributed by atoms with van der Waals surface area (Å²) in [4.78, 5) is 30.1. The molecule has 1 fully saturated rings. The molecule has 0 saturated carbocycles. The number of carbonyl (C=O) groups excluding carboxylic acids is 2. The number of piperidine rings is 1. The van der Waals surface area contributed by atoms with E-state index >= 15 is 0 Å². The van der Waals surface area contributed by atoms with Crippen LogP contribution in [0.2, 0.25) is 0 Å². The lowest BCUT2D eigenvalue weighted by atomic mass is 9.96. The van der Waals surface area contributed by atoms with E-state index in [4.69, 9.17) is 0 Å². The van der Waals surface area contributed by atoms with Crippen LogP contribution in [0.25, 0.3) is 0 Å². The molecule has 0 aromatic heterocycles. The van der Waals surface area contributed by atoms with Gasteiger partial charge >= 0.3 is 0 Å². The highest BCUT2D eigenvalue weighted by atomic mass is 16.2. The first-order valence-electron chi connectivity index (χ1n) is 11.8. The minimum atomic E-state index is -0.155. The number of hydrogen-bond acceptors (Lipinski definition) is 3. The highest BCUT2D eigenvalue weighted by Gasteiger charge is 2.29. The zero-order valence-electron chi connectivity index (χ0n) is 20.0. The van der Waals surface area contributed by atoms with Gasteiger partial charge in [-0.25, -0.2) is 0 Å². The Labute approximate surface area is 192 Å². The van der Waals surface area contributed by atoms with Gasteiger partial charge in [0.25, 0.3) is 5.91 Å². The standard InChI is InChI=1S/C27H37N3O2/c1-5-29(6-2)18-23-10-7-9-22(16-23)17-28-26(31)24-11-8-12-30(19-24)27(32)25-14-20(3)13-21(4)15-25/h7,9-10,13-16,24H,5-6,8,11-12,17-19H2,1-4H3,(H,28,31). The summed E-state index contributed by atoms with van der Waals surface area (Å²) in [5, 5.41) is 3.10. The predicted molar refractivity (Wildman–Crippen MR) is 129 cm³/mol. The van der Waals surface area contributed by atoms with Crippen molar-refractivity contribution in [2.24, 2.45) is 5.92 Å². The van der Waals surface area contributed by atoms with Crippen molar-refractivity contribution in [3.63, 3.8) is 0 Å². The van der Waals surface area contributed by atoms with Crippen LogP contribution in [0.1, 0.15) is 59.3 Å². The topological polar surface area (TPSA) is 52.7 Å². The second-order valence-corrected chi connectivity index (χ2v) is 8.97. The van der Waals surface area contributed by atoms with E-state index in [0.29, 0.717) is 25.2 Å². The zero-order chi connectivity index (χ0) is 23.1. The third-order valence-electron chi connectivity index (χ3n) is 6.31. The van der Waals surface area contributed by atoms with Crippen LogP contribution in [0, 0.1) is 19.8 Å². The molecule has 5 heteroatoms. The summed E-state index contributed by atoms with van der Waals surface area (Å²) in [7, 11) is 0. The summed E-state index contributed by atoms with van der Waals surface area (Å²) in [6.45, 7) is 13.0. The van der Waals surface area contributed by atoms with Crippen molar-refractivity contribution in [1.82, 2.24) is 15.1 Å². The molecule has 0 spiro atoms. The molecule has 0 radical (unpaired) electrons. The van der Waals surface area contributed by atoms with Crippen molar-refractivity contribution in [1.29, 1.82) is 0 Å². The van der Waals surface area contributed by atoms with E-state index in [1.807, 2.05) is 30.9 Å². The fourth-order valence-corrected chi connectivity index (χ4v) is 4.53. The third kappa shape index (κ3) is 6.42. The van der Waals surface area contributed by atoms with Crippen molar-refractivity contribution in [2.45, 2.75) is 53.6 Å². The maximum absolute atomic E-state index is 13.0. The van der Waals surface area contributed by atoms with E-state index in [9.17, 15) is 9.59 Å². The molecule has 2 amide bonds. The number of rotatable bonds is 8. The number of nitrogens with zero attached hydrogens (tertiary/aromatic N) is 2. The molecule has 32 heavy (non-hydrogen) atoms. The average Bonchev–Trinajstić information content (AvgIpc) is 2.80. The molecule has 1 heterocycles. The van der Waals surface area contributed by atoms with Crippen molar-refractivity contribution in [2.75, 3.05) is 26.2 Å². The predicted octanol–water partition coefficient (Wildman–Crippen LogP) is 4.31. The Morgan fingerprint density at radius 3 is 2.41 bits per heavy atom. The molecule has 0 bridgehead atoms. The highest BCUT2D eigenvalue weighted by molar-refractivity contribution is 5.95. The maximum Gasteiger partial charge on any atom is 0.253 e. The Balaban J connectivity index is 1.57.